The van der Waals surface area contributed by atoms with Crippen molar-refractivity contribution in [2.24, 2.45) is 0 Å². The number of halogens is 2. The van der Waals surface area contributed by atoms with Gasteiger partial charge in [0.15, 0.2) is 4.77 Å². The van der Waals surface area contributed by atoms with Gasteiger partial charge in [-0.05, 0) is 55.0 Å². The number of hydrogen-bond acceptors (Lipinski definition) is 1. The van der Waals surface area contributed by atoms with Crippen molar-refractivity contribution < 1.29 is 0 Å². The van der Waals surface area contributed by atoms with E-state index in [9.17, 15) is 0 Å². The van der Waals surface area contributed by atoms with Gasteiger partial charge in [0.25, 0.3) is 0 Å². The van der Waals surface area contributed by atoms with E-state index in [1.807, 2.05) is 34.9 Å². The quantitative estimate of drug-likeness (QED) is 0.580. The van der Waals surface area contributed by atoms with Crippen LogP contribution < -0.4 is 0 Å². The molecule has 5 heteroatoms. The zero-order valence-electron chi connectivity index (χ0n) is 10.1. The van der Waals surface area contributed by atoms with Gasteiger partial charge in [0, 0.05) is 10.2 Å². The van der Waals surface area contributed by atoms with Crippen LogP contribution in [-0.4, -0.2) is 9.55 Å². The summed E-state index contributed by atoms with van der Waals surface area (Å²) in [4.78, 5) is 3.16. The van der Waals surface area contributed by atoms with Crippen molar-refractivity contribution in [3.05, 3.63) is 56.2 Å². The molecule has 0 bridgehead atoms. The van der Waals surface area contributed by atoms with Gasteiger partial charge in [-0.1, -0.05) is 33.6 Å². The van der Waals surface area contributed by atoms with E-state index in [2.05, 4.69) is 33.9 Å². The lowest BCUT2D eigenvalue weighted by molar-refractivity contribution is 1.06. The number of aromatic amines is 1. The fourth-order valence-electron chi connectivity index (χ4n) is 2.12. The van der Waals surface area contributed by atoms with Crippen LogP contribution in [0, 0.1) is 11.7 Å². The predicted molar refractivity (Wildman–Crippen MR) is 85.9 cm³/mol. The first kappa shape index (κ1) is 12.9. The van der Waals surface area contributed by atoms with Crippen LogP contribution in [0.4, 0.5) is 0 Å². The molecule has 0 saturated carbocycles. The Labute approximate surface area is 129 Å². The zero-order valence-corrected chi connectivity index (χ0v) is 13.2. The molecule has 2 nitrogen and oxygen atoms in total. The number of fused-ring (bicyclic) bond motifs is 1. The Morgan fingerprint density at radius 1 is 1.26 bits per heavy atom. The highest BCUT2D eigenvalue weighted by Crippen LogP contribution is 2.27. The number of imidazole rings is 1. The van der Waals surface area contributed by atoms with Crippen molar-refractivity contribution >= 4 is 50.8 Å². The number of para-hydroxylation sites is 1. The van der Waals surface area contributed by atoms with Crippen LogP contribution in [0.3, 0.4) is 0 Å². The number of benzene rings is 2. The van der Waals surface area contributed by atoms with Crippen LogP contribution in [0.5, 0.6) is 0 Å². The third-order valence-electron chi connectivity index (χ3n) is 3.07. The first-order valence-corrected chi connectivity index (χ1v) is 7.31. The number of H-pyrrole nitrogens is 1. The lowest BCUT2D eigenvalue weighted by atomic mass is 10.2. The van der Waals surface area contributed by atoms with E-state index >= 15 is 0 Å². The monoisotopic (exact) mass is 352 g/mol. The van der Waals surface area contributed by atoms with E-state index in [-0.39, 0.29) is 0 Å². The van der Waals surface area contributed by atoms with Crippen LogP contribution in [0.25, 0.3) is 16.7 Å². The summed E-state index contributed by atoms with van der Waals surface area (Å²) in [6.07, 6.45) is 0. The fraction of sp³-hybridized carbons (Fsp3) is 0.0714. The van der Waals surface area contributed by atoms with Crippen LogP contribution in [0.15, 0.2) is 40.9 Å². The van der Waals surface area contributed by atoms with E-state index in [1.165, 1.54) is 0 Å². The van der Waals surface area contributed by atoms with Crippen LogP contribution in [0.1, 0.15) is 5.56 Å². The molecule has 0 aliphatic heterocycles. The second-order valence-corrected chi connectivity index (χ2v) is 5.98. The van der Waals surface area contributed by atoms with Crippen molar-refractivity contribution in [2.75, 3.05) is 0 Å². The van der Waals surface area contributed by atoms with Crippen LogP contribution in [0.2, 0.25) is 5.02 Å². The summed E-state index contributed by atoms with van der Waals surface area (Å²) in [6.45, 7) is 2.05. The maximum absolute atomic E-state index is 6.19. The highest BCUT2D eigenvalue weighted by Gasteiger charge is 2.09. The average Bonchev–Trinajstić information content (AvgIpc) is 2.71. The minimum Gasteiger partial charge on any atom is -0.329 e. The molecule has 0 unspecified atom stereocenters. The van der Waals surface area contributed by atoms with Gasteiger partial charge in [-0.3, -0.25) is 4.57 Å². The molecule has 96 valence electrons. The van der Waals surface area contributed by atoms with Gasteiger partial charge >= 0.3 is 0 Å². The summed E-state index contributed by atoms with van der Waals surface area (Å²) in [5.74, 6) is 0. The Morgan fingerprint density at radius 3 is 2.79 bits per heavy atom. The Balaban J connectivity index is 2.36. The van der Waals surface area contributed by atoms with E-state index in [0.29, 0.717) is 9.79 Å². The Morgan fingerprint density at radius 2 is 2.05 bits per heavy atom. The van der Waals surface area contributed by atoms with Gasteiger partial charge in [-0.25, -0.2) is 0 Å². The van der Waals surface area contributed by atoms with Gasteiger partial charge in [-0.15, -0.1) is 0 Å². The Bertz CT molecular complexity index is 835. The van der Waals surface area contributed by atoms with Crippen molar-refractivity contribution in [1.82, 2.24) is 9.55 Å². The number of rotatable bonds is 1. The topological polar surface area (TPSA) is 20.7 Å². The molecule has 0 saturated heterocycles. The third kappa shape index (κ3) is 2.14. The summed E-state index contributed by atoms with van der Waals surface area (Å²) in [7, 11) is 0. The summed E-state index contributed by atoms with van der Waals surface area (Å²) >= 11 is 15.1. The first-order chi connectivity index (χ1) is 9.08. The molecule has 19 heavy (non-hydrogen) atoms. The second-order valence-electron chi connectivity index (χ2n) is 4.33. The SMILES string of the molecule is Cc1cc(-n2c(=S)[nH]c3c(Cl)cccc32)ccc1Br. The minimum absolute atomic E-state index is 0.643. The van der Waals surface area contributed by atoms with E-state index in [4.69, 9.17) is 23.8 Å². The summed E-state index contributed by atoms with van der Waals surface area (Å²) < 4.78 is 3.72. The molecule has 3 rings (SSSR count). The summed E-state index contributed by atoms with van der Waals surface area (Å²) in [6, 6.07) is 11.9. The van der Waals surface area contributed by atoms with Gasteiger partial charge in [0.2, 0.25) is 0 Å². The van der Waals surface area contributed by atoms with Crippen molar-refractivity contribution in [2.45, 2.75) is 6.92 Å². The number of aromatic nitrogens is 2. The van der Waals surface area contributed by atoms with Gasteiger partial charge in [0.1, 0.15) is 0 Å². The highest BCUT2D eigenvalue weighted by molar-refractivity contribution is 9.10. The van der Waals surface area contributed by atoms with Gasteiger partial charge in [0.05, 0.1) is 16.1 Å². The number of aryl methyl sites for hydroxylation is 1. The molecule has 1 N–H and O–H groups in total. The normalized spacial score (nSPS) is 11.1. The summed E-state index contributed by atoms with van der Waals surface area (Å²) in [5, 5.41) is 0.677. The lowest BCUT2D eigenvalue weighted by Crippen LogP contribution is -1.94. The highest BCUT2D eigenvalue weighted by atomic mass is 79.9. The maximum Gasteiger partial charge on any atom is 0.182 e. The molecule has 0 spiro atoms. The molecule has 0 aliphatic rings. The first-order valence-electron chi connectivity index (χ1n) is 5.73. The molecule has 0 aliphatic carbocycles. The molecular weight excluding hydrogens is 344 g/mol. The fourth-order valence-corrected chi connectivity index (χ4v) is 2.89. The molecule has 0 radical (unpaired) electrons. The lowest BCUT2D eigenvalue weighted by Gasteiger charge is -2.07. The number of hydrogen-bond donors (Lipinski definition) is 1. The Kier molecular flexibility index (Phi) is 3.25. The molecular formula is C14H10BrClN2S. The summed E-state index contributed by atoms with van der Waals surface area (Å²) in [5.41, 5.74) is 4.05. The number of nitrogens with one attached hydrogen (secondary N) is 1. The second kappa shape index (κ2) is 4.78. The smallest absolute Gasteiger partial charge is 0.182 e. The molecule has 0 amide bonds. The standard InChI is InChI=1S/C14H10BrClN2S/c1-8-7-9(5-6-10(8)15)18-12-4-2-3-11(16)13(12)17-14(18)19/h2-7H,1H3,(H,17,19). The molecule has 1 heterocycles. The zero-order chi connectivity index (χ0) is 13.6. The maximum atomic E-state index is 6.19. The predicted octanol–water partition coefficient (Wildman–Crippen LogP) is 5.41. The van der Waals surface area contributed by atoms with Crippen LogP contribution >= 0.6 is 39.7 Å². The van der Waals surface area contributed by atoms with E-state index in [1.54, 1.807) is 0 Å². The Hall–Kier alpha value is -1.10. The van der Waals surface area contributed by atoms with Crippen LogP contribution in [-0.2, 0) is 0 Å². The molecule has 0 fully saturated rings. The van der Waals surface area contributed by atoms with E-state index < -0.39 is 0 Å². The molecule has 0 atom stereocenters. The third-order valence-corrected chi connectivity index (χ3v) is 4.56. The van der Waals surface area contributed by atoms with Gasteiger partial charge < -0.3 is 4.98 Å². The molecule has 3 aromatic rings. The van der Waals surface area contributed by atoms with Crippen molar-refractivity contribution in [3.8, 4) is 5.69 Å². The van der Waals surface area contributed by atoms with E-state index in [0.717, 1.165) is 26.8 Å². The molecule has 1 aromatic heterocycles. The minimum atomic E-state index is 0.643. The van der Waals surface area contributed by atoms with Crippen molar-refractivity contribution in [1.29, 1.82) is 0 Å². The average molecular weight is 354 g/mol. The number of nitrogens with zero attached hydrogens (tertiary/aromatic N) is 1. The van der Waals surface area contributed by atoms with Crippen molar-refractivity contribution in [3.63, 3.8) is 0 Å². The van der Waals surface area contributed by atoms with Gasteiger partial charge in [-0.2, -0.15) is 0 Å². The largest absolute Gasteiger partial charge is 0.329 e. The molecule has 2 aromatic carbocycles.